The molecule has 0 saturated heterocycles. The molecule has 0 aromatic heterocycles. The van der Waals surface area contributed by atoms with Crippen molar-refractivity contribution in [1.82, 2.24) is 5.32 Å². The van der Waals surface area contributed by atoms with Gasteiger partial charge in [0, 0.05) is 18.7 Å². The zero-order valence-corrected chi connectivity index (χ0v) is 11.4. The van der Waals surface area contributed by atoms with Crippen LogP contribution in [0.15, 0.2) is 4.99 Å². The van der Waals surface area contributed by atoms with Gasteiger partial charge in [-0.05, 0) is 51.9 Å². The average molecular weight is 241 g/mol. The number of nitrogens with two attached hydrogens (primary N) is 1. The standard InChI is InChI=1S/C13H27N3O/c1-13(2,3)16-12(14)15-8-10-5-4-6-11(7-10)9-17/h10-11,17H,4-9H2,1-3H3,(H3,14,15,16)/t10-,11+/m0/s1. The summed E-state index contributed by atoms with van der Waals surface area (Å²) in [6.07, 6.45) is 4.66. The van der Waals surface area contributed by atoms with Gasteiger partial charge in [-0.25, -0.2) is 0 Å². The summed E-state index contributed by atoms with van der Waals surface area (Å²) in [5.41, 5.74) is 5.80. The fraction of sp³-hybridized carbons (Fsp3) is 0.923. The van der Waals surface area contributed by atoms with Gasteiger partial charge in [0.05, 0.1) is 0 Å². The number of aliphatic hydroxyl groups is 1. The molecule has 100 valence electrons. The van der Waals surface area contributed by atoms with E-state index < -0.39 is 0 Å². The quantitative estimate of drug-likeness (QED) is 0.518. The van der Waals surface area contributed by atoms with Gasteiger partial charge in [0.2, 0.25) is 0 Å². The van der Waals surface area contributed by atoms with Crippen LogP contribution < -0.4 is 11.1 Å². The van der Waals surface area contributed by atoms with Crippen LogP contribution in [0.1, 0.15) is 46.5 Å². The lowest BCUT2D eigenvalue weighted by Gasteiger charge is -2.27. The van der Waals surface area contributed by atoms with Gasteiger partial charge < -0.3 is 16.2 Å². The van der Waals surface area contributed by atoms with E-state index >= 15 is 0 Å². The largest absolute Gasteiger partial charge is 0.396 e. The molecular weight excluding hydrogens is 214 g/mol. The van der Waals surface area contributed by atoms with Crippen LogP contribution in [0.25, 0.3) is 0 Å². The van der Waals surface area contributed by atoms with E-state index in [0.29, 0.717) is 24.4 Å². The molecule has 4 nitrogen and oxygen atoms in total. The van der Waals surface area contributed by atoms with Gasteiger partial charge in [-0.15, -0.1) is 0 Å². The van der Waals surface area contributed by atoms with Crippen LogP contribution in [0.3, 0.4) is 0 Å². The summed E-state index contributed by atoms with van der Waals surface area (Å²) in [4.78, 5) is 4.40. The van der Waals surface area contributed by atoms with Crippen LogP contribution >= 0.6 is 0 Å². The second-order valence-corrected chi connectivity index (χ2v) is 6.18. The van der Waals surface area contributed by atoms with Crippen molar-refractivity contribution in [2.45, 2.75) is 52.0 Å². The highest BCUT2D eigenvalue weighted by molar-refractivity contribution is 5.78. The topological polar surface area (TPSA) is 70.6 Å². The number of rotatable bonds is 3. The van der Waals surface area contributed by atoms with Crippen molar-refractivity contribution in [3.8, 4) is 0 Å². The molecular formula is C13H27N3O. The molecule has 0 aromatic carbocycles. The fourth-order valence-corrected chi connectivity index (χ4v) is 2.39. The number of hydrogen-bond donors (Lipinski definition) is 3. The number of nitrogens with one attached hydrogen (secondary N) is 1. The Morgan fingerprint density at radius 3 is 2.59 bits per heavy atom. The minimum absolute atomic E-state index is 0.0339. The molecule has 4 N–H and O–H groups in total. The SMILES string of the molecule is CC(C)(C)NC(N)=NC[C@H]1CCC[C@@H](CO)C1. The number of guanidine groups is 1. The van der Waals surface area contributed by atoms with Gasteiger partial charge in [0.15, 0.2) is 5.96 Å². The third kappa shape index (κ3) is 5.91. The second-order valence-electron chi connectivity index (χ2n) is 6.18. The first-order valence-electron chi connectivity index (χ1n) is 6.59. The molecule has 17 heavy (non-hydrogen) atoms. The molecule has 1 fully saturated rings. The molecule has 0 bridgehead atoms. The molecule has 0 amide bonds. The van der Waals surface area contributed by atoms with Crippen LogP contribution in [0, 0.1) is 11.8 Å². The molecule has 0 spiro atoms. The zero-order chi connectivity index (χ0) is 12.9. The highest BCUT2D eigenvalue weighted by Crippen LogP contribution is 2.28. The Morgan fingerprint density at radius 2 is 2.00 bits per heavy atom. The Bertz CT molecular complexity index is 258. The van der Waals surface area contributed by atoms with Gasteiger partial charge in [-0.2, -0.15) is 0 Å². The van der Waals surface area contributed by atoms with E-state index in [0.717, 1.165) is 19.4 Å². The van der Waals surface area contributed by atoms with E-state index in [1.54, 1.807) is 0 Å². The molecule has 0 unspecified atom stereocenters. The molecule has 1 saturated carbocycles. The Kier molecular flexibility index (Phi) is 5.25. The van der Waals surface area contributed by atoms with Crippen LogP contribution in [0.5, 0.6) is 0 Å². The lowest BCUT2D eigenvalue weighted by atomic mass is 9.82. The molecule has 1 aliphatic carbocycles. The molecule has 0 heterocycles. The predicted molar refractivity (Wildman–Crippen MR) is 71.9 cm³/mol. The summed E-state index contributed by atoms with van der Waals surface area (Å²) < 4.78 is 0. The Morgan fingerprint density at radius 1 is 1.35 bits per heavy atom. The third-order valence-corrected chi connectivity index (χ3v) is 3.17. The first-order valence-corrected chi connectivity index (χ1v) is 6.59. The van der Waals surface area contributed by atoms with E-state index in [1.165, 1.54) is 12.8 Å². The summed E-state index contributed by atoms with van der Waals surface area (Å²) in [7, 11) is 0. The monoisotopic (exact) mass is 241 g/mol. The van der Waals surface area contributed by atoms with Crippen molar-refractivity contribution in [1.29, 1.82) is 0 Å². The summed E-state index contributed by atoms with van der Waals surface area (Å²) in [5.74, 6) is 1.59. The normalized spacial score (nSPS) is 26.9. The van der Waals surface area contributed by atoms with Crippen LogP contribution in [0.2, 0.25) is 0 Å². The number of aliphatic hydroxyl groups excluding tert-OH is 1. The predicted octanol–water partition coefficient (Wildman–Crippen LogP) is 1.49. The number of hydrogen-bond acceptors (Lipinski definition) is 2. The molecule has 0 aliphatic heterocycles. The highest BCUT2D eigenvalue weighted by atomic mass is 16.3. The molecule has 1 rings (SSSR count). The summed E-state index contributed by atoms with van der Waals surface area (Å²) in [6.45, 7) is 7.30. The van der Waals surface area contributed by atoms with Gasteiger partial charge >= 0.3 is 0 Å². The van der Waals surface area contributed by atoms with E-state index in [9.17, 15) is 0 Å². The molecule has 4 heteroatoms. The highest BCUT2D eigenvalue weighted by Gasteiger charge is 2.21. The third-order valence-electron chi connectivity index (χ3n) is 3.17. The maximum Gasteiger partial charge on any atom is 0.188 e. The number of nitrogens with zero attached hydrogens (tertiary/aromatic N) is 1. The second kappa shape index (κ2) is 6.24. The van der Waals surface area contributed by atoms with Crippen molar-refractivity contribution in [3.05, 3.63) is 0 Å². The van der Waals surface area contributed by atoms with Crippen LogP contribution in [-0.2, 0) is 0 Å². The first kappa shape index (κ1) is 14.3. The summed E-state index contributed by atoms with van der Waals surface area (Å²) in [6, 6.07) is 0. The van der Waals surface area contributed by atoms with E-state index in [-0.39, 0.29) is 5.54 Å². The smallest absolute Gasteiger partial charge is 0.188 e. The maximum absolute atomic E-state index is 9.17. The van der Waals surface area contributed by atoms with Crippen molar-refractivity contribution in [2.75, 3.05) is 13.2 Å². The maximum atomic E-state index is 9.17. The minimum Gasteiger partial charge on any atom is -0.396 e. The van der Waals surface area contributed by atoms with E-state index in [1.807, 2.05) is 0 Å². The average Bonchev–Trinajstić information content (AvgIpc) is 2.24. The minimum atomic E-state index is -0.0339. The summed E-state index contributed by atoms with van der Waals surface area (Å²) >= 11 is 0. The lowest BCUT2D eigenvalue weighted by Crippen LogP contribution is -2.45. The Hall–Kier alpha value is -0.770. The van der Waals surface area contributed by atoms with Crippen molar-refractivity contribution in [3.63, 3.8) is 0 Å². The molecule has 0 aromatic rings. The lowest BCUT2D eigenvalue weighted by molar-refractivity contribution is 0.163. The van der Waals surface area contributed by atoms with Gasteiger partial charge in [-0.3, -0.25) is 4.99 Å². The van der Waals surface area contributed by atoms with Crippen molar-refractivity contribution < 1.29 is 5.11 Å². The van der Waals surface area contributed by atoms with E-state index in [4.69, 9.17) is 10.8 Å². The molecule has 1 aliphatic rings. The van der Waals surface area contributed by atoms with Crippen molar-refractivity contribution >= 4 is 5.96 Å². The summed E-state index contributed by atoms with van der Waals surface area (Å²) in [5, 5.41) is 12.3. The van der Waals surface area contributed by atoms with Gasteiger partial charge in [0.1, 0.15) is 0 Å². The van der Waals surface area contributed by atoms with Gasteiger partial charge in [-0.1, -0.05) is 6.42 Å². The van der Waals surface area contributed by atoms with Crippen molar-refractivity contribution in [2.24, 2.45) is 22.6 Å². The fourth-order valence-electron chi connectivity index (χ4n) is 2.39. The van der Waals surface area contributed by atoms with E-state index in [2.05, 4.69) is 31.1 Å². The zero-order valence-electron chi connectivity index (χ0n) is 11.4. The van der Waals surface area contributed by atoms with Crippen LogP contribution in [0.4, 0.5) is 0 Å². The van der Waals surface area contributed by atoms with Gasteiger partial charge in [0.25, 0.3) is 0 Å². The Labute approximate surface area is 105 Å². The first-order chi connectivity index (χ1) is 7.90. The Balaban J connectivity index is 2.36. The number of aliphatic imine (C=N–C) groups is 1. The molecule has 0 radical (unpaired) electrons. The van der Waals surface area contributed by atoms with Crippen LogP contribution in [-0.4, -0.2) is 29.8 Å². The molecule has 2 atom stereocenters.